The zero-order valence-electron chi connectivity index (χ0n) is 16.4. The quantitative estimate of drug-likeness (QED) is 0.159. The first-order chi connectivity index (χ1) is 15.1. The predicted octanol–water partition coefficient (Wildman–Crippen LogP) is -2.11. The number of nitrogens with two attached hydrogens (primary N) is 1. The Morgan fingerprint density at radius 3 is 2.52 bits per heavy atom. The molecule has 9 N–H and O–H groups in total. The molecule has 0 bridgehead atoms. The summed E-state index contributed by atoms with van der Waals surface area (Å²) in [5.74, 6) is -0.262. The molecule has 2 aromatic heterocycles. The van der Waals surface area contributed by atoms with Gasteiger partial charge in [-0.05, 0) is 7.05 Å². The third-order valence-corrected chi connectivity index (χ3v) is 8.57. The molecule has 3 heterocycles. The molecular weight excluding hydrogens is 517 g/mol. The van der Waals surface area contributed by atoms with Gasteiger partial charge in [0.1, 0.15) is 18.3 Å². The average molecular weight is 536 g/mol. The lowest BCUT2D eigenvalue weighted by molar-refractivity contribution is -0.0503. The number of anilines is 1. The van der Waals surface area contributed by atoms with Crippen LogP contribution in [0.4, 0.5) is 5.95 Å². The van der Waals surface area contributed by atoms with Crippen molar-refractivity contribution in [2.75, 3.05) is 19.4 Å². The molecule has 2 aromatic rings. The fraction of sp³-hybridized carbons (Fsp3) is 0.545. The van der Waals surface area contributed by atoms with Gasteiger partial charge in [0.25, 0.3) is 5.56 Å². The van der Waals surface area contributed by atoms with Crippen molar-refractivity contribution in [2.24, 2.45) is 0 Å². The third-order valence-electron chi connectivity index (χ3n) is 4.17. The van der Waals surface area contributed by atoms with Crippen LogP contribution in [-0.2, 0) is 31.6 Å². The first-order valence-corrected chi connectivity index (χ1v) is 13.2. The van der Waals surface area contributed by atoms with Crippen molar-refractivity contribution in [3.8, 4) is 0 Å². The highest BCUT2D eigenvalue weighted by Gasteiger charge is 2.47. The van der Waals surface area contributed by atoms with Crippen molar-refractivity contribution in [3.05, 3.63) is 16.7 Å². The Balaban J connectivity index is 1.71. The van der Waals surface area contributed by atoms with E-state index in [2.05, 4.69) is 28.1 Å². The van der Waals surface area contributed by atoms with Crippen LogP contribution in [0.15, 0.2) is 11.1 Å². The monoisotopic (exact) mass is 536 g/mol. The molecule has 22 heteroatoms. The van der Waals surface area contributed by atoms with E-state index in [1.807, 2.05) is 0 Å². The summed E-state index contributed by atoms with van der Waals surface area (Å²) < 4.78 is 53.6. The minimum atomic E-state index is -5.56. The van der Waals surface area contributed by atoms with Crippen molar-refractivity contribution in [2.45, 2.75) is 24.5 Å². The molecule has 7 unspecified atom stereocenters. The van der Waals surface area contributed by atoms with Gasteiger partial charge < -0.3 is 35.4 Å². The molecule has 1 aliphatic rings. The molecule has 0 saturated carbocycles. The molecule has 1 aliphatic heterocycles. The molecule has 0 radical (unpaired) electrons. The van der Waals surface area contributed by atoms with Gasteiger partial charge in [-0.1, -0.05) is 0 Å². The molecule has 1 saturated heterocycles. The Morgan fingerprint density at radius 1 is 1.21 bits per heavy atom. The van der Waals surface area contributed by atoms with Gasteiger partial charge in [-0.3, -0.25) is 18.9 Å². The minimum Gasteiger partial charge on any atom is -0.387 e. The third kappa shape index (κ3) is 5.93. The summed E-state index contributed by atoms with van der Waals surface area (Å²) in [7, 11) is -14.9. The Kier molecular flexibility index (Phi) is 7.29. The van der Waals surface area contributed by atoms with Crippen LogP contribution in [0.25, 0.3) is 11.2 Å². The van der Waals surface area contributed by atoms with Crippen LogP contribution in [0, 0.1) is 0 Å². The van der Waals surface area contributed by atoms with Gasteiger partial charge in [0, 0.05) is 0 Å². The standard InChI is InChI=1S/C11H19N6O13P3/c1-13-31(21,22)29-33(25,26)30-32(23,24)27-2-4-6(18)7(19)10(28-4)17-3-14-5-8(17)15-11(12)16-9(5)20/h3-4,6-7,10,18-19H,2H2,1H3,(H,23,24)(H,25,26)(H2,13,21,22)(H3,12,15,16,20). The largest absolute Gasteiger partial charge is 0.489 e. The number of imidazole rings is 1. The number of nitrogens with one attached hydrogen (secondary N) is 2. The summed E-state index contributed by atoms with van der Waals surface area (Å²) >= 11 is 0. The van der Waals surface area contributed by atoms with Crippen LogP contribution in [0.3, 0.4) is 0 Å². The van der Waals surface area contributed by atoms with Crippen molar-refractivity contribution in [3.63, 3.8) is 0 Å². The lowest BCUT2D eigenvalue weighted by atomic mass is 10.1. The van der Waals surface area contributed by atoms with Gasteiger partial charge in [-0.25, -0.2) is 23.8 Å². The van der Waals surface area contributed by atoms with Crippen LogP contribution in [0.1, 0.15) is 6.23 Å². The van der Waals surface area contributed by atoms with E-state index in [4.69, 9.17) is 15.4 Å². The SMILES string of the molecule is CNP(=O)(O)OP(=O)(O)OP(=O)(O)OCC1OC(n2cnc3c(=O)[nH]c(N)nc32)C(O)C1O. The molecule has 186 valence electrons. The molecule has 0 aliphatic carbocycles. The summed E-state index contributed by atoms with van der Waals surface area (Å²) in [4.78, 5) is 49.9. The normalized spacial score (nSPS) is 28.9. The Hall–Kier alpha value is -1.56. The molecule has 0 amide bonds. The first-order valence-electron chi connectivity index (χ1n) is 8.63. The number of nitrogens with zero attached hydrogens (tertiary/aromatic N) is 3. The van der Waals surface area contributed by atoms with Gasteiger partial charge in [-0.2, -0.15) is 13.6 Å². The van der Waals surface area contributed by atoms with Gasteiger partial charge in [0.15, 0.2) is 17.4 Å². The van der Waals surface area contributed by atoms with Crippen molar-refractivity contribution in [1.82, 2.24) is 24.6 Å². The van der Waals surface area contributed by atoms with Crippen LogP contribution in [-0.4, -0.2) is 76.4 Å². The zero-order chi connectivity index (χ0) is 24.8. The van der Waals surface area contributed by atoms with E-state index >= 15 is 0 Å². The van der Waals surface area contributed by atoms with Crippen LogP contribution < -0.4 is 16.4 Å². The van der Waals surface area contributed by atoms with Crippen molar-refractivity contribution >= 4 is 40.5 Å². The van der Waals surface area contributed by atoms with E-state index in [1.54, 1.807) is 5.09 Å². The van der Waals surface area contributed by atoms with Crippen LogP contribution in [0.5, 0.6) is 0 Å². The minimum absolute atomic E-state index is 0.0958. The summed E-state index contributed by atoms with van der Waals surface area (Å²) in [6.45, 7) is -0.964. The summed E-state index contributed by atoms with van der Waals surface area (Å²) in [6, 6.07) is 0. The Morgan fingerprint density at radius 2 is 1.88 bits per heavy atom. The van der Waals surface area contributed by atoms with Gasteiger partial charge in [-0.15, -0.1) is 0 Å². The fourth-order valence-electron chi connectivity index (χ4n) is 2.74. The van der Waals surface area contributed by atoms with E-state index in [1.165, 1.54) is 0 Å². The highest BCUT2D eigenvalue weighted by Crippen LogP contribution is 2.66. The first kappa shape index (κ1) is 26.1. The second kappa shape index (κ2) is 9.24. The number of fused-ring (bicyclic) bond motifs is 1. The predicted molar refractivity (Wildman–Crippen MR) is 105 cm³/mol. The highest BCUT2D eigenvalue weighted by atomic mass is 31.3. The van der Waals surface area contributed by atoms with Gasteiger partial charge in [0.2, 0.25) is 5.95 Å². The van der Waals surface area contributed by atoms with Crippen LogP contribution >= 0.6 is 23.4 Å². The number of phosphoric acid groups is 2. The number of phosphoric ester groups is 1. The maximum Gasteiger partial charge on any atom is 0.489 e. The second-order valence-electron chi connectivity index (χ2n) is 6.46. The van der Waals surface area contributed by atoms with E-state index < -0.39 is 60.1 Å². The molecule has 0 aromatic carbocycles. The number of H-pyrrole nitrogens is 1. The van der Waals surface area contributed by atoms with Crippen molar-refractivity contribution in [1.29, 1.82) is 0 Å². The number of aliphatic hydroxyl groups is 2. The van der Waals surface area contributed by atoms with Crippen LogP contribution in [0.2, 0.25) is 0 Å². The number of hydrogen-bond donors (Lipinski definition) is 8. The lowest BCUT2D eigenvalue weighted by Crippen LogP contribution is -2.33. The Bertz CT molecular complexity index is 1230. The number of aliphatic hydroxyl groups excluding tert-OH is 2. The summed E-state index contributed by atoms with van der Waals surface area (Å²) in [5.41, 5.74) is 4.57. The maximum absolute atomic E-state index is 11.9. The number of aromatic nitrogens is 4. The fourth-order valence-corrected chi connectivity index (χ4v) is 6.14. The number of ether oxygens (including phenoxy) is 1. The number of rotatable bonds is 9. The lowest BCUT2D eigenvalue weighted by Gasteiger charge is -2.20. The Labute approximate surface area is 182 Å². The van der Waals surface area contributed by atoms with Gasteiger partial charge in [0.05, 0.1) is 12.9 Å². The molecule has 19 nitrogen and oxygen atoms in total. The number of nitrogen functional groups attached to an aromatic ring is 1. The van der Waals surface area contributed by atoms with E-state index in [-0.39, 0.29) is 17.1 Å². The van der Waals surface area contributed by atoms with E-state index in [9.17, 15) is 38.5 Å². The maximum atomic E-state index is 11.9. The molecule has 1 fully saturated rings. The average Bonchev–Trinajstić information content (AvgIpc) is 3.20. The summed E-state index contributed by atoms with van der Waals surface area (Å²) in [6.07, 6.45) is -5.20. The molecule has 7 atom stereocenters. The number of aromatic amines is 1. The molecular formula is C11H19N6O13P3. The second-order valence-corrected chi connectivity index (χ2v) is 11.4. The highest BCUT2D eigenvalue weighted by molar-refractivity contribution is 7.67. The smallest absolute Gasteiger partial charge is 0.387 e. The molecule has 33 heavy (non-hydrogen) atoms. The number of hydrogen-bond acceptors (Lipinski definition) is 13. The summed E-state index contributed by atoms with van der Waals surface area (Å²) in [5, 5.41) is 22.2. The topological polar surface area (TPSA) is 291 Å². The van der Waals surface area contributed by atoms with E-state index in [0.29, 0.717) is 0 Å². The van der Waals surface area contributed by atoms with Crippen molar-refractivity contribution < 1.29 is 56.5 Å². The molecule has 0 spiro atoms. The molecule has 3 rings (SSSR count). The van der Waals surface area contributed by atoms with Gasteiger partial charge >= 0.3 is 23.4 Å². The van der Waals surface area contributed by atoms with E-state index in [0.717, 1.165) is 17.9 Å². The zero-order valence-corrected chi connectivity index (χ0v) is 19.0.